The van der Waals surface area contributed by atoms with Crippen molar-refractivity contribution < 1.29 is 23.1 Å². The molecule has 1 N–H and O–H groups in total. The second-order valence-corrected chi connectivity index (χ2v) is 6.39. The lowest BCUT2D eigenvalue weighted by Crippen LogP contribution is -2.49. The predicted octanol–water partition coefficient (Wildman–Crippen LogP) is 1.13. The third-order valence-electron chi connectivity index (χ3n) is 3.07. The molecule has 0 spiro atoms. The lowest BCUT2D eigenvalue weighted by Gasteiger charge is -2.28. The SMILES string of the molecule is O=C(O)N1CCCC(S(=O)(=O)c2ccccc2)C1=O. The van der Waals surface area contributed by atoms with E-state index >= 15 is 0 Å². The highest BCUT2D eigenvalue weighted by Gasteiger charge is 2.41. The Morgan fingerprint density at radius 3 is 2.47 bits per heavy atom. The quantitative estimate of drug-likeness (QED) is 0.878. The van der Waals surface area contributed by atoms with Crippen LogP contribution in [0.25, 0.3) is 0 Å². The van der Waals surface area contributed by atoms with Gasteiger partial charge >= 0.3 is 6.09 Å². The van der Waals surface area contributed by atoms with Crippen molar-refractivity contribution in [2.75, 3.05) is 6.54 Å². The van der Waals surface area contributed by atoms with Gasteiger partial charge in [-0.15, -0.1) is 0 Å². The summed E-state index contributed by atoms with van der Waals surface area (Å²) in [6.07, 6.45) is -0.896. The van der Waals surface area contributed by atoms with Crippen LogP contribution in [0.5, 0.6) is 0 Å². The first-order valence-electron chi connectivity index (χ1n) is 5.78. The summed E-state index contributed by atoms with van der Waals surface area (Å²) < 4.78 is 24.7. The Morgan fingerprint density at radius 2 is 1.89 bits per heavy atom. The van der Waals surface area contributed by atoms with Gasteiger partial charge in [0.1, 0.15) is 5.25 Å². The van der Waals surface area contributed by atoms with Crippen LogP contribution >= 0.6 is 0 Å². The van der Waals surface area contributed by atoms with E-state index < -0.39 is 27.1 Å². The fourth-order valence-corrected chi connectivity index (χ4v) is 3.83. The molecule has 0 saturated carbocycles. The van der Waals surface area contributed by atoms with Crippen molar-refractivity contribution in [3.63, 3.8) is 0 Å². The number of piperidine rings is 1. The third-order valence-corrected chi connectivity index (χ3v) is 5.18. The molecule has 0 bridgehead atoms. The number of nitrogens with zero attached hydrogens (tertiary/aromatic N) is 1. The number of imide groups is 1. The minimum atomic E-state index is -3.83. The number of likely N-dealkylation sites (tertiary alicyclic amines) is 1. The van der Waals surface area contributed by atoms with Gasteiger partial charge in [-0.05, 0) is 25.0 Å². The second-order valence-electron chi connectivity index (χ2n) is 4.26. The molecule has 0 aromatic heterocycles. The molecule has 6 nitrogen and oxygen atoms in total. The zero-order chi connectivity index (χ0) is 14.0. The third kappa shape index (κ3) is 2.46. The molecular weight excluding hydrogens is 270 g/mol. The van der Waals surface area contributed by atoms with Crippen LogP contribution in [-0.2, 0) is 14.6 Å². The number of rotatable bonds is 2. The first-order chi connectivity index (χ1) is 8.94. The summed E-state index contributed by atoms with van der Waals surface area (Å²) in [7, 11) is -3.83. The highest BCUT2D eigenvalue weighted by Crippen LogP contribution is 2.24. The first kappa shape index (κ1) is 13.5. The predicted molar refractivity (Wildman–Crippen MR) is 66.4 cm³/mol. The van der Waals surface area contributed by atoms with Crippen LogP contribution in [0.15, 0.2) is 35.2 Å². The number of sulfone groups is 1. The van der Waals surface area contributed by atoms with Crippen LogP contribution < -0.4 is 0 Å². The molecule has 1 fully saturated rings. The van der Waals surface area contributed by atoms with Crippen molar-refractivity contribution in [3.05, 3.63) is 30.3 Å². The maximum Gasteiger partial charge on any atom is 0.414 e. The molecule has 7 heteroatoms. The van der Waals surface area contributed by atoms with Crippen LogP contribution in [0.3, 0.4) is 0 Å². The molecule has 0 radical (unpaired) electrons. The van der Waals surface area contributed by atoms with Crippen LogP contribution in [0, 0.1) is 0 Å². The summed E-state index contributed by atoms with van der Waals surface area (Å²) in [4.78, 5) is 23.5. The largest absolute Gasteiger partial charge is 0.465 e. The van der Waals surface area contributed by atoms with Gasteiger partial charge in [0.25, 0.3) is 5.91 Å². The Bertz CT molecular complexity index is 596. The summed E-state index contributed by atoms with van der Waals surface area (Å²) in [5.74, 6) is -0.859. The zero-order valence-electron chi connectivity index (χ0n) is 10.0. The molecule has 1 aliphatic heterocycles. The number of hydrogen-bond donors (Lipinski definition) is 1. The average Bonchev–Trinajstić information content (AvgIpc) is 2.39. The minimum Gasteiger partial charge on any atom is -0.465 e. The van der Waals surface area contributed by atoms with Gasteiger partial charge in [0.2, 0.25) is 0 Å². The molecule has 1 unspecified atom stereocenters. The Kier molecular flexibility index (Phi) is 3.57. The van der Waals surface area contributed by atoms with E-state index in [1.54, 1.807) is 18.2 Å². The Balaban J connectivity index is 2.36. The van der Waals surface area contributed by atoms with E-state index in [4.69, 9.17) is 5.11 Å². The van der Waals surface area contributed by atoms with Gasteiger partial charge in [-0.1, -0.05) is 18.2 Å². The van der Waals surface area contributed by atoms with Crippen molar-refractivity contribution in [2.24, 2.45) is 0 Å². The molecule has 1 aliphatic rings. The second kappa shape index (κ2) is 5.00. The highest BCUT2D eigenvalue weighted by atomic mass is 32.2. The zero-order valence-corrected chi connectivity index (χ0v) is 10.8. The van der Waals surface area contributed by atoms with E-state index in [0.29, 0.717) is 11.3 Å². The molecule has 1 aromatic carbocycles. The summed E-state index contributed by atoms with van der Waals surface area (Å²) in [6, 6.07) is 7.61. The van der Waals surface area contributed by atoms with E-state index in [9.17, 15) is 18.0 Å². The lowest BCUT2D eigenvalue weighted by molar-refractivity contribution is -0.130. The number of amides is 2. The highest BCUT2D eigenvalue weighted by molar-refractivity contribution is 7.92. The van der Waals surface area contributed by atoms with E-state index in [1.165, 1.54) is 12.1 Å². The molecular formula is C12H13NO5S. The summed E-state index contributed by atoms with van der Waals surface area (Å²) in [5.41, 5.74) is 0. The van der Waals surface area contributed by atoms with Gasteiger partial charge in [-0.2, -0.15) is 0 Å². The number of carbonyl (C=O) groups excluding carboxylic acids is 1. The van der Waals surface area contributed by atoms with Gasteiger partial charge in [0.15, 0.2) is 9.84 Å². The fraction of sp³-hybridized carbons (Fsp3) is 0.333. The summed E-state index contributed by atoms with van der Waals surface area (Å²) in [5, 5.41) is 7.57. The molecule has 1 saturated heterocycles. The number of carbonyl (C=O) groups is 2. The Labute approximate surface area is 110 Å². The first-order valence-corrected chi connectivity index (χ1v) is 7.32. The average molecular weight is 283 g/mol. The number of benzene rings is 1. The van der Waals surface area contributed by atoms with Gasteiger partial charge in [-0.25, -0.2) is 18.1 Å². The van der Waals surface area contributed by atoms with Crippen molar-refractivity contribution in [1.82, 2.24) is 4.90 Å². The minimum absolute atomic E-state index is 0.0422. The fourth-order valence-electron chi connectivity index (χ4n) is 2.09. The van der Waals surface area contributed by atoms with Crippen molar-refractivity contribution in [1.29, 1.82) is 0 Å². The normalized spacial score (nSPS) is 20.3. The number of hydrogen-bond acceptors (Lipinski definition) is 4. The maximum atomic E-state index is 12.3. The van der Waals surface area contributed by atoms with E-state index in [0.717, 1.165) is 0 Å². The van der Waals surface area contributed by atoms with Gasteiger partial charge in [-0.3, -0.25) is 4.79 Å². The van der Waals surface area contributed by atoms with Crippen molar-refractivity contribution in [3.8, 4) is 0 Å². The molecule has 1 atom stereocenters. The van der Waals surface area contributed by atoms with E-state index in [1.807, 2.05) is 0 Å². The maximum absolute atomic E-state index is 12.3. The topological polar surface area (TPSA) is 91.8 Å². The van der Waals surface area contributed by atoms with Gasteiger partial charge in [0, 0.05) is 6.54 Å². The Morgan fingerprint density at radius 1 is 1.26 bits per heavy atom. The van der Waals surface area contributed by atoms with Crippen molar-refractivity contribution >= 4 is 21.8 Å². The van der Waals surface area contributed by atoms with Crippen LogP contribution in [-0.4, -0.2) is 42.2 Å². The lowest BCUT2D eigenvalue weighted by atomic mass is 10.1. The molecule has 102 valence electrons. The molecule has 1 aromatic rings. The van der Waals surface area contributed by atoms with E-state index in [2.05, 4.69) is 0 Å². The molecule has 1 heterocycles. The van der Waals surface area contributed by atoms with Crippen LogP contribution in [0.1, 0.15) is 12.8 Å². The molecule has 2 amide bonds. The van der Waals surface area contributed by atoms with Gasteiger partial charge in [0.05, 0.1) is 4.90 Å². The van der Waals surface area contributed by atoms with Crippen LogP contribution in [0.2, 0.25) is 0 Å². The summed E-state index contributed by atoms with van der Waals surface area (Å²) >= 11 is 0. The Hall–Kier alpha value is -1.89. The van der Waals surface area contributed by atoms with Crippen LogP contribution in [0.4, 0.5) is 4.79 Å². The molecule has 0 aliphatic carbocycles. The van der Waals surface area contributed by atoms with E-state index in [-0.39, 0.29) is 17.9 Å². The van der Waals surface area contributed by atoms with Crippen molar-refractivity contribution in [2.45, 2.75) is 23.0 Å². The standard InChI is InChI=1S/C12H13NO5S/c14-11-10(7-4-8-13(11)12(15)16)19(17,18)9-5-2-1-3-6-9/h1-3,5-6,10H,4,7-8H2,(H,15,16). The number of carboxylic acid groups (broad SMARTS) is 1. The van der Waals surface area contributed by atoms with Gasteiger partial charge < -0.3 is 5.11 Å². The monoisotopic (exact) mass is 283 g/mol. The molecule has 2 rings (SSSR count). The summed E-state index contributed by atoms with van der Waals surface area (Å²) in [6.45, 7) is 0.0506. The smallest absolute Gasteiger partial charge is 0.414 e. The molecule has 19 heavy (non-hydrogen) atoms.